The number of ether oxygens (including phenoxy) is 2. The molecule has 1 aliphatic heterocycles. The summed E-state index contributed by atoms with van der Waals surface area (Å²) in [5.41, 5.74) is 0. The van der Waals surface area contributed by atoms with Crippen molar-refractivity contribution in [2.75, 3.05) is 6.61 Å². The van der Waals surface area contributed by atoms with Crippen molar-refractivity contribution in [3.8, 4) is 0 Å². The van der Waals surface area contributed by atoms with Gasteiger partial charge in [0.2, 0.25) is 0 Å². The van der Waals surface area contributed by atoms with E-state index in [2.05, 4.69) is 0 Å². The normalized spacial score (nSPS) is 42.0. The van der Waals surface area contributed by atoms with Gasteiger partial charge in [-0.25, -0.2) is 0 Å². The summed E-state index contributed by atoms with van der Waals surface area (Å²) in [5, 5.41) is 37.6. The van der Waals surface area contributed by atoms with Gasteiger partial charge in [-0.05, 0) is 13.3 Å². The smallest absolute Gasteiger partial charge is 0.186 e. The van der Waals surface area contributed by atoms with Crippen LogP contribution in [-0.4, -0.2) is 63.8 Å². The Bertz CT molecular complexity index is 209. The average Bonchev–Trinajstić information content (AvgIpc) is 2.29. The molecule has 0 aromatic heterocycles. The van der Waals surface area contributed by atoms with E-state index in [9.17, 15) is 15.3 Å². The number of hydrogen-bond acceptors (Lipinski definition) is 6. The van der Waals surface area contributed by atoms with Crippen LogP contribution in [-0.2, 0) is 9.47 Å². The first-order valence-electron chi connectivity index (χ1n) is 5.47. The molecule has 0 aliphatic carbocycles. The molecule has 1 fully saturated rings. The van der Waals surface area contributed by atoms with Gasteiger partial charge < -0.3 is 29.9 Å². The van der Waals surface area contributed by atoms with Crippen LogP contribution in [0, 0.1) is 0 Å². The molecular formula is C10H20O6. The fourth-order valence-corrected chi connectivity index (χ4v) is 1.50. The number of aliphatic hydroxyl groups is 4. The third kappa shape index (κ3) is 2.91. The minimum Gasteiger partial charge on any atom is -0.394 e. The second-order valence-electron chi connectivity index (χ2n) is 4.05. The van der Waals surface area contributed by atoms with Crippen molar-refractivity contribution in [2.45, 2.75) is 57.1 Å². The van der Waals surface area contributed by atoms with Crippen molar-refractivity contribution in [1.29, 1.82) is 0 Å². The lowest BCUT2D eigenvalue weighted by atomic mass is 9.99. The van der Waals surface area contributed by atoms with Crippen molar-refractivity contribution in [2.24, 2.45) is 0 Å². The van der Waals surface area contributed by atoms with Crippen molar-refractivity contribution in [1.82, 2.24) is 0 Å². The minimum absolute atomic E-state index is 0.138. The number of aliphatic hydroxyl groups excluding tert-OH is 4. The molecule has 4 N–H and O–H groups in total. The molecule has 16 heavy (non-hydrogen) atoms. The lowest BCUT2D eigenvalue weighted by Gasteiger charge is -2.40. The predicted molar refractivity (Wildman–Crippen MR) is 54.6 cm³/mol. The maximum absolute atomic E-state index is 9.62. The summed E-state index contributed by atoms with van der Waals surface area (Å²) in [6.45, 7) is 3.28. The fraction of sp³-hybridized carbons (Fsp3) is 1.00. The van der Waals surface area contributed by atoms with Crippen LogP contribution < -0.4 is 0 Å². The van der Waals surface area contributed by atoms with Crippen LogP contribution in [0.4, 0.5) is 0 Å². The first kappa shape index (κ1) is 13.8. The molecule has 6 heteroatoms. The highest BCUT2D eigenvalue weighted by Crippen LogP contribution is 2.23. The molecule has 0 radical (unpaired) electrons. The van der Waals surface area contributed by atoms with E-state index in [4.69, 9.17) is 14.6 Å². The maximum atomic E-state index is 9.62. The highest BCUT2D eigenvalue weighted by Gasteiger charge is 2.44. The molecule has 0 aromatic carbocycles. The third-order valence-corrected chi connectivity index (χ3v) is 2.79. The van der Waals surface area contributed by atoms with Crippen LogP contribution in [0.15, 0.2) is 0 Å². The highest BCUT2D eigenvalue weighted by atomic mass is 16.7. The monoisotopic (exact) mass is 236 g/mol. The van der Waals surface area contributed by atoms with Gasteiger partial charge in [-0.3, -0.25) is 0 Å². The van der Waals surface area contributed by atoms with Gasteiger partial charge >= 0.3 is 0 Å². The molecular weight excluding hydrogens is 216 g/mol. The van der Waals surface area contributed by atoms with E-state index in [-0.39, 0.29) is 6.10 Å². The van der Waals surface area contributed by atoms with Crippen LogP contribution in [0.25, 0.3) is 0 Å². The fourth-order valence-electron chi connectivity index (χ4n) is 1.50. The summed E-state index contributed by atoms with van der Waals surface area (Å²) in [5.74, 6) is 0. The highest BCUT2D eigenvalue weighted by molar-refractivity contribution is 4.89. The zero-order valence-corrected chi connectivity index (χ0v) is 9.48. The first-order chi connectivity index (χ1) is 7.51. The summed E-state index contributed by atoms with van der Waals surface area (Å²) in [6, 6.07) is 0. The van der Waals surface area contributed by atoms with Gasteiger partial charge in [-0.1, -0.05) is 6.92 Å². The lowest BCUT2D eigenvalue weighted by Crippen LogP contribution is -2.59. The Kier molecular flexibility index (Phi) is 5.10. The summed E-state index contributed by atoms with van der Waals surface area (Å²) in [4.78, 5) is 0. The summed E-state index contributed by atoms with van der Waals surface area (Å²) < 4.78 is 10.5. The van der Waals surface area contributed by atoms with Crippen molar-refractivity contribution in [3.63, 3.8) is 0 Å². The van der Waals surface area contributed by atoms with Crippen LogP contribution in [0.1, 0.15) is 20.3 Å². The standard InChI is InChI=1S/C10H20O6/c1-3-5(2)15-10-9(14)8(13)7(12)6(4-11)16-10/h5-14H,3-4H2,1-2H3/t5?,6?,7-,8+,9?,10+/m1/s1. The summed E-state index contributed by atoms with van der Waals surface area (Å²) in [6.07, 6.45) is -5.36. The van der Waals surface area contributed by atoms with Crippen molar-refractivity contribution >= 4 is 0 Å². The van der Waals surface area contributed by atoms with E-state index in [1.807, 2.05) is 6.92 Å². The molecule has 1 rings (SSSR count). The van der Waals surface area contributed by atoms with Gasteiger partial charge in [-0.2, -0.15) is 0 Å². The lowest BCUT2D eigenvalue weighted by molar-refractivity contribution is -0.310. The van der Waals surface area contributed by atoms with Crippen molar-refractivity contribution < 1.29 is 29.9 Å². The van der Waals surface area contributed by atoms with E-state index in [0.717, 1.165) is 6.42 Å². The molecule has 0 aromatic rings. The molecule has 96 valence electrons. The van der Waals surface area contributed by atoms with Crippen LogP contribution in [0.3, 0.4) is 0 Å². The maximum Gasteiger partial charge on any atom is 0.186 e. The minimum atomic E-state index is -1.38. The van der Waals surface area contributed by atoms with Gasteiger partial charge in [-0.15, -0.1) is 0 Å². The van der Waals surface area contributed by atoms with Gasteiger partial charge in [0.1, 0.15) is 24.4 Å². The first-order valence-corrected chi connectivity index (χ1v) is 5.47. The van der Waals surface area contributed by atoms with Crippen LogP contribution >= 0.6 is 0 Å². The second kappa shape index (κ2) is 5.90. The molecule has 1 aliphatic rings. The predicted octanol–water partition coefficient (Wildman–Crippen LogP) is -1.40. The zero-order chi connectivity index (χ0) is 12.3. The van der Waals surface area contributed by atoms with Gasteiger partial charge in [0.25, 0.3) is 0 Å². The average molecular weight is 236 g/mol. The Balaban J connectivity index is 2.63. The third-order valence-electron chi connectivity index (χ3n) is 2.79. The topological polar surface area (TPSA) is 99.4 Å². The van der Waals surface area contributed by atoms with Gasteiger partial charge in [0.15, 0.2) is 6.29 Å². The zero-order valence-electron chi connectivity index (χ0n) is 9.48. The summed E-state index contributed by atoms with van der Waals surface area (Å²) in [7, 11) is 0. The Morgan fingerprint density at radius 3 is 2.31 bits per heavy atom. The number of hydrogen-bond donors (Lipinski definition) is 4. The Morgan fingerprint density at radius 2 is 1.81 bits per heavy atom. The second-order valence-corrected chi connectivity index (χ2v) is 4.05. The Morgan fingerprint density at radius 1 is 1.19 bits per heavy atom. The molecule has 0 bridgehead atoms. The number of rotatable bonds is 4. The van der Waals surface area contributed by atoms with Gasteiger partial charge in [0, 0.05) is 0 Å². The SMILES string of the molecule is CCC(C)O[C@H]1OC(CO)[C@@H](O)[C@H](O)C1O. The molecule has 1 heterocycles. The van der Waals surface area contributed by atoms with Gasteiger partial charge in [0.05, 0.1) is 12.7 Å². The molecule has 6 nitrogen and oxygen atoms in total. The molecule has 0 amide bonds. The Hall–Kier alpha value is -0.240. The summed E-state index contributed by atoms with van der Waals surface area (Å²) >= 11 is 0. The van der Waals surface area contributed by atoms with Crippen LogP contribution in [0.5, 0.6) is 0 Å². The van der Waals surface area contributed by atoms with E-state index in [0.29, 0.717) is 0 Å². The van der Waals surface area contributed by atoms with Crippen molar-refractivity contribution in [3.05, 3.63) is 0 Å². The van der Waals surface area contributed by atoms with E-state index in [1.165, 1.54) is 0 Å². The van der Waals surface area contributed by atoms with E-state index >= 15 is 0 Å². The molecule has 0 spiro atoms. The molecule has 1 saturated heterocycles. The largest absolute Gasteiger partial charge is 0.394 e. The Labute approximate surface area is 94.4 Å². The van der Waals surface area contributed by atoms with Crippen LogP contribution in [0.2, 0.25) is 0 Å². The molecule has 3 unspecified atom stereocenters. The van der Waals surface area contributed by atoms with E-state index in [1.54, 1.807) is 6.92 Å². The quantitative estimate of drug-likeness (QED) is 0.479. The molecule has 6 atom stereocenters. The molecule has 0 saturated carbocycles. The van der Waals surface area contributed by atoms with E-state index < -0.39 is 37.3 Å².